The summed E-state index contributed by atoms with van der Waals surface area (Å²) in [6.45, 7) is 0. The minimum absolute atomic E-state index is 0.226. The molecule has 0 radical (unpaired) electrons. The Bertz CT molecular complexity index is 378. The molecule has 2 nitrogen and oxygen atoms in total. The third kappa shape index (κ3) is 3.08. The summed E-state index contributed by atoms with van der Waals surface area (Å²) in [5, 5.41) is 0. The van der Waals surface area contributed by atoms with Crippen LogP contribution < -0.4 is 4.90 Å². The van der Waals surface area contributed by atoms with Crippen LogP contribution in [0, 0.1) is 3.57 Å². The zero-order valence-electron chi connectivity index (χ0n) is 7.68. The average Bonchev–Trinajstić information content (AvgIpc) is 2.14. The van der Waals surface area contributed by atoms with Crippen molar-refractivity contribution in [2.24, 2.45) is 0 Å². The van der Waals surface area contributed by atoms with E-state index in [0.717, 1.165) is 10.6 Å². The molecule has 6 heteroatoms. The van der Waals surface area contributed by atoms with Gasteiger partial charge in [-0.1, -0.05) is 6.07 Å². The third-order valence-corrected chi connectivity index (χ3v) is 2.41. The van der Waals surface area contributed by atoms with Crippen molar-refractivity contribution < 1.29 is 18.0 Å². The zero-order chi connectivity index (χ0) is 11.6. The molecule has 0 aromatic heterocycles. The van der Waals surface area contributed by atoms with Gasteiger partial charge in [-0.2, -0.15) is 13.2 Å². The number of hydrogen-bond acceptors (Lipinski definition) is 1. The van der Waals surface area contributed by atoms with Gasteiger partial charge in [0.05, 0.1) is 0 Å². The molecule has 0 spiro atoms. The van der Waals surface area contributed by atoms with Crippen molar-refractivity contribution in [1.29, 1.82) is 0 Å². The molecule has 15 heavy (non-hydrogen) atoms. The van der Waals surface area contributed by atoms with Gasteiger partial charge in [0, 0.05) is 16.3 Å². The predicted octanol–water partition coefficient (Wildman–Crippen LogP) is 2.82. The first-order chi connectivity index (χ1) is 6.82. The van der Waals surface area contributed by atoms with Crippen LogP contribution in [0.2, 0.25) is 0 Å². The van der Waals surface area contributed by atoms with Gasteiger partial charge in [-0.25, -0.2) is 0 Å². The summed E-state index contributed by atoms with van der Waals surface area (Å²) >= 11 is 1.96. The molecular weight excluding hydrogens is 322 g/mol. The monoisotopic (exact) mass is 329 g/mol. The van der Waals surface area contributed by atoms with E-state index in [1.807, 2.05) is 22.6 Å². The van der Waals surface area contributed by atoms with Crippen molar-refractivity contribution in [3.8, 4) is 0 Å². The molecule has 0 unspecified atom stereocenters. The van der Waals surface area contributed by atoms with Crippen molar-refractivity contribution in [3.05, 3.63) is 27.8 Å². The molecule has 0 saturated heterocycles. The van der Waals surface area contributed by atoms with E-state index < -0.39 is 12.1 Å². The zero-order valence-corrected chi connectivity index (χ0v) is 9.83. The van der Waals surface area contributed by atoms with Gasteiger partial charge < -0.3 is 4.90 Å². The Morgan fingerprint density at radius 2 is 2.00 bits per heavy atom. The van der Waals surface area contributed by atoms with E-state index in [1.165, 1.54) is 12.1 Å². The smallest absolute Gasteiger partial charge is 0.308 e. The van der Waals surface area contributed by atoms with Crippen molar-refractivity contribution in [3.63, 3.8) is 0 Å². The standard InChI is InChI=1S/C9H7F3INO/c1-14(8(15)9(10,11)12)7-4-2-3-6(13)5-7/h2-5H,1H3. The summed E-state index contributed by atoms with van der Waals surface area (Å²) in [5.41, 5.74) is 0.226. The highest BCUT2D eigenvalue weighted by molar-refractivity contribution is 14.1. The topological polar surface area (TPSA) is 20.3 Å². The number of benzene rings is 1. The number of carbonyl (C=O) groups is 1. The lowest BCUT2D eigenvalue weighted by atomic mass is 10.3. The fourth-order valence-corrected chi connectivity index (χ4v) is 1.52. The van der Waals surface area contributed by atoms with E-state index in [0.29, 0.717) is 4.90 Å². The van der Waals surface area contributed by atoms with Crippen molar-refractivity contribution in [2.45, 2.75) is 6.18 Å². The second-order valence-electron chi connectivity index (χ2n) is 2.84. The molecule has 0 N–H and O–H groups in total. The Labute approximate surface area is 98.2 Å². The average molecular weight is 329 g/mol. The van der Waals surface area contributed by atoms with E-state index >= 15 is 0 Å². The van der Waals surface area contributed by atoms with Crippen molar-refractivity contribution in [2.75, 3.05) is 11.9 Å². The molecule has 1 rings (SSSR count). The van der Waals surface area contributed by atoms with E-state index in [2.05, 4.69) is 0 Å². The van der Waals surface area contributed by atoms with Crippen molar-refractivity contribution in [1.82, 2.24) is 0 Å². The van der Waals surface area contributed by atoms with Crippen LogP contribution in [0.3, 0.4) is 0 Å². The lowest BCUT2D eigenvalue weighted by molar-refractivity contribution is -0.170. The maximum absolute atomic E-state index is 12.1. The number of rotatable bonds is 1. The molecule has 0 aliphatic heterocycles. The summed E-state index contributed by atoms with van der Waals surface area (Å²) in [6.07, 6.45) is -4.84. The highest BCUT2D eigenvalue weighted by Gasteiger charge is 2.41. The summed E-state index contributed by atoms with van der Waals surface area (Å²) < 4.78 is 37.0. The molecule has 0 fully saturated rings. The van der Waals surface area contributed by atoms with Crippen LogP contribution in [-0.4, -0.2) is 19.1 Å². The first-order valence-corrected chi connectivity index (χ1v) is 5.00. The van der Waals surface area contributed by atoms with Gasteiger partial charge >= 0.3 is 12.1 Å². The van der Waals surface area contributed by atoms with Gasteiger partial charge in [0.25, 0.3) is 0 Å². The fourth-order valence-electron chi connectivity index (χ4n) is 0.992. The first-order valence-electron chi connectivity index (χ1n) is 3.93. The molecule has 0 aliphatic rings. The van der Waals surface area contributed by atoms with Crippen LogP contribution >= 0.6 is 22.6 Å². The quantitative estimate of drug-likeness (QED) is 0.726. The summed E-state index contributed by atoms with van der Waals surface area (Å²) in [7, 11) is 1.10. The molecule has 1 aromatic carbocycles. The largest absolute Gasteiger partial charge is 0.471 e. The van der Waals surface area contributed by atoms with E-state index in [4.69, 9.17) is 0 Å². The molecule has 0 aliphatic carbocycles. The lowest BCUT2D eigenvalue weighted by Crippen LogP contribution is -2.38. The normalized spacial score (nSPS) is 11.3. The summed E-state index contributed by atoms with van der Waals surface area (Å²) in [5.74, 6) is -1.87. The maximum atomic E-state index is 12.1. The Balaban J connectivity index is 2.95. The van der Waals surface area contributed by atoms with Gasteiger partial charge in [0.1, 0.15) is 0 Å². The van der Waals surface area contributed by atoms with E-state index in [-0.39, 0.29) is 5.69 Å². The lowest BCUT2D eigenvalue weighted by Gasteiger charge is -2.18. The minimum atomic E-state index is -4.84. The molecular formula is C9H7F3INO. The number of anilines is 1. The highest BCUT2D eigenvalue weighted by Crippen LogP contribution is 2.23. The predicted molar refractivity (Wildman–Crippen MR) is 58.6 cm³/mol. The van der Waals surface area contributed by atoms with Crippen LogP contribution in [0.1, 0.15) is 0 Å². The van der Waals surface area contributed by atoms with Gasteiger partial charge in [-0.3, -0.25) is 4.79 Å². The van der Waals surface area contributed by atoms with Gasteiger partial charge in [0.2, 0.25) is 0 Å². The van der Waals surface area contributed by atoms with E-state index in [9.17, 15) is 18.0 Å². The van der Waals surface area contributed by atoms with Gasteiger partial charge in [-0.15, -0.1) is 0 Å². The second-order valence-corrected chi connectivity index (χ2v) is 4.09. The maximum Gasteiger partial charge on any atom is 0.471 e. The molecule has 82 valence electrons. The summed E-state index contributed by atoms with van der Waals surface area (Å²) in [4.78, 5) is 11.5. The van der Waals surface area contributed by atoms with Crippen LogP contribution in [0.5, 0.6) is 0 Å². The number of carbonyl (C=O) groups excluding carboxylic acids is 1. The van der Waals surface area contributed by atoms with Crippen LogP contribution in [0.15, 0.2) is 24.3 Å². The molecule has 1 aromatic rings. The van der Waals surface area contributed by atoms with Gasteiger partial charge in [-0.05, 0) is 40.8 Å². The van der Waals surface area contributed by atoms with Crippen LogP contribution in [0.4, 0.5) is 18.9 Å². The van der Waals surface area contributed by atoms with Crippen LogP contribution in [-0.2, 0) is 4.79 Å². The molecule has 0 saturated carbocycles. The Morgan fingerprint density at radius 1 is 1.40 bits per heavy atom. The number of nitrogens with zero attached hydrogens (tertiary/aromatic N) is 1. The Hall–Kier alpha value is -0.790. The minimum Gasteiger partial charge on any atom is -0.308 e. The van der Waals surface area contributed by atoms with Crippen molar-refractivity contribution >= 4 is 34.2 Å². The van der Waals surface area contributed by atoms with E-state index in [1.54, 1.807) is 12.1 Å². The fraction of sp³-hybridized carbons (Fsp3) is 0.222. The third-order valence-electron chi connectivity index (χ3n) is 1.74. The number of amides is 1. The Kier molecular flexibility index (Phi) is 3.58. The molecule has 1 amide bonds. The first kappa shape index (κ1) is 12.3. The number of alkyl halides is 3. The van der Waals surface area contributed by atoms with Crippen LogP contribution in [0.25, 0.3) is 0 Å². The second kappa shape index (κ2) is 4.38. The molecule has 0 heterocycles. The number of hydrogen-bond donors (Lipinski definition) is 0. The SMILES string of the molecule is CN(C(=O)C(F)(F)F)c1cccc(I)c1. The van der Waals surface area contributed by atoms with Gasteiger partial charge in [0.15, 0.2) is 0 Å². The highest BCUT2D eigenvalue weighted by atomic mass is 127. The molecule has 0 atom stereocenters. The number of halogens is 4. The Morgan fingerprint density at radius 3 is 2.47 bits per heavy atom. The molecule has 0 bridgehead atoms. The summed E-state index contributed by atoms with van der Waals surface area (Å²) in [6, 6.07) is 6.28.